The molecule has 0 saturated carbocycles. The van der Waals surface area contributed by atoms with Crippen LogP contribution in [0.25, 0.3) is 0 Å². The Bertz CT molecular complexity index is 945. The molecule has 3 rings (SSSR count). The topological polar surface area (TPSA) is 110 Å². The van der Waals surface area contributed by atoms with E-state index in [2.05, 4.69) is 22.2 Å². The maximum atomic E-state index is 12.5. The molecule has 1 fully saturated rings. The van der Waals surface area contributed by atoms with E-state index in [-0.39, 0.29) is 36.6 Å². The van der Waals surface area contributed by atoms with Gasteiger partial charge in [-0.05, 0) is 36.4 Å². The zero-order chi connectivity index (χ0) is 21.5. The van der Waals surface area contributed by atoms with Gasteiger partial charge in [0, 0.05) is 31.5 Å². The Morgan fingerprint density at radius 2 is 2.00 bits per heavy atom. The zero-order valence-corrected chi connectivity index (χ0v) is 16.5. The molecule has 1 aliphatic heterocycles. The third kappa shape index (κ3) is 5.21. The number of carbonyl (C=O) groups excluding carboxylic acids is 3. The molecule has 1 saturated heterocycles. The van der Waals surface area contributed by atoms with E-state index in [9.17, 15) is 14.4 Å². The number of hydrogen-bond acceptors (Lipinski definition) is 6. The number of pyridine rings is 1. The number of amides is 3. The highest BCUT2D eigenvalue weighted by molar-refractivity contribution is 5.95. The first-order chi connectivity index (χ1) is 14.5. The molecule has 1 aliphatic rings. The van der Waals surface area contributed by atoms with Gasteiger partial charge in [0.25, 0.3) is 11.8 Å². The van der Waals surface area contributed by atoms with Gasteiger partial charge in [0.05, 0.1) is 13.2 Å². The van der Waals surface area contributed by atoms with E-state index in [0.29, 0.717) is 23.7 Å². The summed E-state index contributed by atoms with van der Waals surface area (Å²) in [7, 11) is 1.53. The van der Waals surface area contributed by atoms with Crippen molar-refractivity contribution in [1.29, 1.82) is 0 Å². The Labute approximate surface area is 173 Å². The van der Waals surface area contributed by atoms with Gasteiger partial charge in [0.1, 0.15) is 17.2 Å². The van der Waals surface area contributed by atoms with Gasteiger partial charge in [0.2, 0.25) is 5.91 Å². The fourth-order valence-corrected chi connectivity index (χ4v) is 2.83. The standard InChI is InChI=1S/C21H22N4O5/c1-3-19(26)25-10-11-29-18(13-25)21(28)24-14-4-6-15(7-5-14)30-16-8-9-23-17(12-16)20(27)22-2/h3-9,12,18H,1,10-11,13H2,2H3,(H,22,27)(H,24,28)/t18-/m1/s1. The number of morpholine rings is 1. The van der Waals surface area contributed by atoms with Crippen molar-refractivity contribution in [2.24, 2.45) is 0 Å². The first kappa shape index (κ1) is 21.0. The van der Waals surface area contributed by atoms with E-state index in [1.54, 1.807) is 30.3 Å². The molecule has 0 aliphatic carbocycles. The molecule has 0 radical (unpaired) electrons. The number of anilines is 1. The predicted octanol–water partition coefficient (Wildman–Crippen LogP) is 1.59. The predicted molar refractivity (Wildman–Crippen MR) is 109 cm³/mol. The summed E-state index contributed by atoms with van der Waals surface area (Å²) in [5, 5.41) is 5.27. The molecule has 30 heavy (non-hydrogen) atoms. The Morgan fingerprint density at radius 1 is 1.23 bits per heavy atom. The van der Waals surface area contributed by atoms with Crippen LogP contribution in [-0.2, 0) is 14.3 Å². The van der Waals surface area contributed by atoms with Crippen molar-refractivity contribution >= 4 is 23.4 Å². The molecular weight excluding hydrogens is 388 g/mol. The molecule has 2 aromatic rings. The molecule has 1 aromatic carbocycles. The highest BCUT2D eigenvalue weighted by Crippen LogP contribution is 2.23. The summed E-state index contributed by atoms with van der Waals surface area (Å²) >= 11 is 0. The summed E-state index contributed by atoms with van der Waals surface area (Å²) in [6.45, 7) is 4.35. The number of hydrogen-bond donors (Lipinski definition) is 2. The van der Waals surface area contributed by atoms with Gasteiger partial charge in [-0.15, -0.1) is 0 Å². The molecule has 9 heteroatoms. The highest BCUT2D eigenvalue weighted by atomic mass is 16.5. The maximum absolute atomic E-state index is 12.5. The summed E-state index contributed by atoms with van der Waals surface area (Å²) in [4.78, 5) is 41.4. The van der Waals surface area contributed by atoms with Crippen LogP contribution in [0.15, 0.2) is 55.3 Å². The van der Waals surface area contributed by atoms with Gasteiger partial charge in [-0.25, -0.2) is 0 Å². The fourth-order valence-electron chi connectivity index (χ4n) is 2.83. The van der Waals surface area contributed by atoms with Crippen molar-refractivity contribution in [3.63, 3.8) is 0 Å². The van der Waals surface area contributed by atoms with Crippen LogP contribution in [-0.4, -0.2) is 60.5 Å². The molecule has 2 heterocycles. The molecule has 156 valence electrons. The normalized spacial score (nSPS) is 15.8. The maximum Gasteiger partial charge on any atom is 0.269 e. The van der Waals surface area contributed by atoms with Gasteiger partial charge in [-0.3, -0.25) is 19.4 Å². The van der Waals surface area contributed by atoms with Crippen LogP contribution < -0.4 is 15.4 Å². The number of aromatic nitrogens is 1. The Balaban J connectivity index is 1.59. The fraction of sp³-hybridized carbons (Fsp3) is 0.238. The summed E-state index contributed by atoms with van der Waals surface area (Å²) in [6, 6.07) is 9.91. The SMILES string of the molecule is C=CC(=O)N1CCO[C@@H](C(=O)Nc2ccc(Oc3ccnc(C(=O)NC)c3)cc2)C1. The lowest BCUT2D eigenvalue weighted by Gasteiger charge is -2.31. The Hall–Kier alpha value is -3.72. The van der Waals surface area contributed by atoms with Gasteiger partial charge >= 0.3 is 0 Å². The van der Waals surface area contributed by atoms with E-state index in [1.807, 2.05) is 0 Å². The van der Waals surface area contributed by atoms with Crippen molar-refractivity contribution in [3.05, 3.63) is 60.9 Å². The summed E-state index contributed by atoms with van der Waals surface area (Å²) in [6.07, 6.45) is 1.96. The Kier molecular flexibility index (Phi) is 6.76. The lowest BCUT2D eigenvalue weighted by Crippen LogP contribution is -2.49. The minimum atomic E-state index is -0.751. The van der Waals surface area contributed by atoms with Crippen LogP contribution >= 0.6 is 0 Å². The van der Waals surface area contributed by atoms with E-state index < -0.39 is 6.10 Å². The molecule has 9 nitrogen and oxygen atoms in total. The molecule has 0 spiro atoms. The largest absolute Gasteiger partial charge is 0.457 e. The van der Waals surface area contributed by atoms with E-state index in [1.165, 1.54) is 30.3 Å². The molecule has 0 unspecified atom stereocenters. The number of nitrogens with zero attached hydrogens (tertiary/aromatic N) is 2. The average Bonchev–Trinajstić information content (AvgIpc) is 2.79. The van der Waals surface area contributed by atoms with Crippen LogP contribution in [0.5, 0.6) is 11.5 Å². The summed E-state index contributed by atoms with van der Waals surface area (Å²) in [5.41, 5.74) is 0.805. The number of rotatable bonds is 6. The minimum absolute atomic E-state index is 0.174. The van der Waals surface area contributed by atoms with Gasteiger partial charge in [-0.2, -0.15) is 0 Å². The zero-order valence-electron chi connectivity index (χ0n) is 16.5. The number of benzene rings is 1. The van der Waals surface area contributed by atoms with Gasteiger partial charge < -0.3 is 25.0 Å². The third-order valence-corrected chi connectivity index (χ3v) is 4.39. The average molecular weight is 410 g/mol. The minimum Gasteiger partial charge on any atom is -0.457 e. The van der Waals surface area contributed by atoms with Crippen LogP contribution in [0.3, 0.4) is 0 Å². The number of ether oxygens (including phenoxy) is 2. The van der Waals surface area contributed by atoms with E-state index in [4.69, 9.17) is 9.47 Å². The Morgan fingerprint density at radius 3 is 2.70 bits per heavy atom. The van der Waals surface area contributed by atoms with Crippen molar-refractivity contribution in [2.75, 3.05) is 32.1 Å². The third-order valence-electron chi connectivity index (χ3n) is 4.39. The quantitative estimate of drug-likeness (QED) is 0.700. The van der Waals surface area contributed by atoms with Gasteiger partial charge in [0.15, 0.2) is 6.10 Å². The van der Waals surface area contributed by atoms with Crippen LogP contribution in [0, 0.1) is 0 Å². The molecule has 1 atom stereocenters. The first-order valence-corrected chi connectivity index (χ1v) is 9.30. The van der Waals surface area contributed by atoms with E-state index >= 15 is 0 Å². The second-order valence-electron chi connectivity index (χ2n) is 6.42. The first-order valence-electron chi connectivity index (χ1n) is 9.30. The monoisotopic (exact) mass is 410 g/mol. The van der Waals surface area contributed by atoms with Crippen molar-refractivity contribution in [2.45, 2.75) is 6.10 Å². The van der Waals surface area contributed by atoms with Crippen LogP contribution in [0.4, 0.5) is 5.69 Å². The molecule has 3 amide bonds. The van der Waals surface area contributed by atoms with Crippen LogP contribution in [0.2, 0.25) is 0 Å². The van der Waals surface area contributed by atoms with Crippen molar-refractivity contribution < 1.29 is 23.9 Å². The van der Waals surface area contributed by atoms with Crippen molar-refractivity contribution in [3.8, 4) is 11.5 Å². The van der Waals surface area contributed by atoms with Crippen LogP contribution in [0.1, 0.15) is 10.5 Å². The molecule has 0 bridgehead atoms. The summed E-state index contributed by atoms with van der Waals surface area (Å²) < 4.78 is 11.2. The second kappa shape index (κ2) is 9.66. The number of carbonyl (C=O) groups is 3. The van der Waals surface area contributed by atoms with Gasteiger partial charge in [-0.1, -0.05) is 6.58 Å². The van der Waals surface area contributed by atoms with Crippen molar-refractivity contribution in [1.82, 2.24) is 15.2 Å². The molecular formula is C21H22N4O5. The summed E-state index contributed by atoms with van der Waals surface area (Å²) in [5.74, 6) is 0.112. The van der Waals surface area contributed by atoms with E-state index in [0.717, 1.165) is 0 Å². The lowest BCUT2D eigenvalue weighted by atomic mass is 10.2. The second-order valence-corrected chi connectivity index (χ2v) is 6.42. The molecule has 1 aromatic heterocycles. The smallest absolute Gasteiger partial charge is 0.269 e. The molecule has 2 N–H and O–H groups in total. The highest BCUT2D eigenvalue weighted by Gasteiger charge is 2.28. The lowest BCUT2D eigenvalue weighted by molar-refractivity contribution is -0.141. The number of nitrogens with one attached hydrogen (secondary N) is 2.